The van der Waals surface area contributed by atoms with Gasteiger partial charge in [0.15, 0.2) is 0 Å². The van der Waals surface area contributed by atoms with E-state index < -0.39 is 0 Å². The second kappa shape index (κ2) is 8.97. The number of methoxy groups -OCH3 is 1. The van der Waals surface area contributed by atoms with Gasteiger partial charge in [-0.05, 0) is 49.5 Å². The number of piperazine rings is 1. The van der Waals surface area contributed by atoms with Crippen molar-refractivity contribution in [1.29, 1.82) is 0 Å². The highest BCUT2D eigenvalue weighted by Gasteiger charge is 2.18. The van der Waals surface area contributed by atoms with Crippen LogP contribution in [0.15, 0.2) is 66.9 Å². The van der Waals surface area contributed by atoms with Crippen molar-refractivity contribution < 1.29 is 9.53 Å². The normalized spacial score (nSPS) is 14.4. The molecule has 0 unspecified atom stereocenters. The zero-order chi connectivity index (χ0) is 20.9. The van der Waals surface area contributed by atoms with Gasteiger partial charge < -0.3 is 19.9 Å². The van der Waals surface area contributed by atoms with Gasteiger partial charge in [-0.25, -0.2) is 0 Å². The number of nitrogens with zero attached hydrogens (tertiary/aromatic N) is 3. The van der Waals surface area contributed by atoms with E-state index in [0.717, 1.165) is 48.9 Å². The van der Waals surface area contributed by atoms with Crippen molar-refractivity contribution in [2.24, 2.45) is 0 Å². The molecule has 2 aromatic carbocycles. The summed E-state index contributed by atoms with van der Waals surface area (Å²) in [5.41, 5.74) is 4.20. The quantitative estimate of drug-likeness (QED) is 0.704. The Labute approximate surface area is 177 Å². The van der Waals surface area contributed by atoms with Crippen LogP contribution in [0.3, 0.4) is 0 Å². The van der Waals surface area contributed by atoms with Gasteiger partial charge in [-0.15, -0.1) is 0 Å². The molecular formula is C24H26N4O2. The number of benzene rings is 2. The zero-order valence-electron chi connectivity index (χ0n) is 17.3. The summed E-state index contributed by atoms with van der Waals surface area (Å²) in [6, 6.07) is 19.0. The Morgan fingerprint density at radius 1 is 1.00 bits per heavy atom. The van der Waals surface area contributed by atoms with Crippen LogP contribution in [0.4, 0.5) is 11.4 Å². The number of amides is 1. The van der Waals surface area contributed by atoms with E-state index in [1.54, 1.807) is 31.5 Å². The average Bonchev–Trinajstić information content (AvgIpc) is 2.80. The molecule has 0 radical (unpaired) electrons. The second-order valence-corrected chi connectivity index (χ2v) is 7.43. The van der Waals surface area contributed by atoms with Crippen LogP contribution < -0.4 is 15.0 Å². The van der Waals surface area contributed by atoms with Crippen LogP contribution in [0, 0.1) is 0 Å². The lowest BCUT2D eigenvalue weighted by atomic mass is 10.1. The van der Waals surface area contributed by atoms with Crippen LogP contribution in [0.25, 0.3) is 11.3 Å². The molecule has 1 fully saturated rings. The van der Waals surface area contributed by atoms with E-state index in [0.29, 0.717) is 11.3 Å². The molecule has 4 rings (SSSR count). The van der Waals surface area contributed by atoms with Gasteiger partial charge in [-0.3, -0.25) is 9.78 Å². The maximum absolute atomic E-state index is 12.5. The van der Waals surface area contributed by atoms with Crippen molar-refractivity contribution in [3.63, 3.8) is 0 Å². The molecular weight excluding hydrogens is 376 g/mol. The first-order chi connectivity index (χ1) is 14.6. The second-order valence-electron chi connectivity index (χ2n) is 7.43. The number of rotatable bonds is 5. The largest absolute Gasteiger partial charge is 0.495 e. The van der Waals surface area contributed by atoms with E-state index in [1.807, 2.05) is 36.4 Å². The highest BCUT2D eigenvalue weighted by atomic mass is 16.5. The minimum Gasteiger partial charge on any atom is -0.495 e. The molecule has 154 valence electrons. The van der Waals surface area contributed by atoms with E-state index in [1.165, 1.54) is 0 Å². The molecule has 1 amide bonds. The summed E-state index contributed by atoms with van der Waals surface area (Å²) < 4.78 is 5.61. The summed E-state index contributed by atoms with van der Waals surface area (Å²) >= 11 is 0. The van der Waals surface area contributed by atoms with Crippen molar-refractivity contribution >= 4 is 17.3 Å². The maximum atomic E-state index is 12.5. The molecule has 1 aliphatic rings. The van der Waals surface area contributed by atoms with E-state index >= 15 is 0 Å². The first kappa shape index (κ1) is 19.9. The lowest BCUT2D eigenvalue weighted by Gasteiger charge is -2.35. The Kier molecular flexibility index (Phi) is 5.95. The number of ether oxygens (including phenoxy) is 1. The third kappa shape index (κ3) is 4.44. The van der Waals surface area contributed by atoms with Crippen LogP contribution in [-0.4, -0.2) is 56.1 Å². The van der Waals surface area contributed by atoms with E-state index in [9.17, 15) is 4.79 Å². The number of carbonyl (C=O) groups is 1. The Balaban J connectivity index is 1.59. The number of likely N-dealkylation sites (N-methyl/N-ethyl adjacent to an activating group) is 1. The van der Waals surface area contributed by atoms with E-state index in [4.69, 9.17) is 4.74 Å². The predicted molar refractivity (Wildman–Crippen MR) is 120 cm³/mol. The van der Waals surface area contributed by atoms with Gasteiger partial charge in [0.25, 0.3) is 5.91 Å². The highest BCUT2D eigenvalue weighted by Crippen LogP contribution is 2.34. The smallest absolute Gasteiger partial charge is 0.255 e. The van der Waals surface area contributed by atoms with Crippen LogP contribution >= 0.6 is 0 Å². The van der Waals surface area contributed by atoms with E-state index in [-0.39, 0.29) is 5.91 Å². The van der Waals surface area contributed by atoms with Crippen LogP contribution in [0.1, 0.15) is 10.4 Å². The number of pyridine rings is 1. The number of hydrogen-bond donors (Lipinski definition) is 1. The number of carbonyl (C=O) groups excluding carboxylic acids is 1. The molecule has 0 saturated carbocycles. The monoisotopic (exact) mass is 402 g/mol. The fourth-order valence-electron chi connectivity index (χ4n) is 3.60. The van der Waals surface area contributed by atoms with Crippen LogP contribution in [0.2, 0.25) is 0 Å². The first-order valence-electron chi connectivity index (χ1n) is 10.1. The minimum atomic E-state index is -0.138. The number of anilines is 2. The molecule has 0 bridgehead atoms. The predicted octanol–water partition coefficient (Wildman–Crippen LogP) is 3.76. The molecule has 30 heavy (non-hydrogen) atoms. The molecule has 1 N–H and O–H groups in total. The molecule has 2 heterocycles. The van der Waals surface area contributed by atoms with Crippen molar-refractivity contribution in [2.45, 2.75) is 0 Å². The topological polar surface area (TPSA) is 57.7 Å². The van der Waals surface area contributed by atoms with Crippen LogP contribution in [0.5, 0.6) is 5.75 Å². The third-order valence-corrected chi connectivity index (χ3v) is 5.37. The van der Waals surface area contributed by atoms with Crippen molar-refractivity contribution in [2.75, 3.05) is 50.6 Å². The lowest BCUT2D eigenvalue weighted by Crippen LogP contribution is -2.44. The molecule has 1 aromatic heterocycles. The fraction of sp³-hybridized carbons (Fsp3) is 0.250. The first-order valence-corrected chi connectivity index (χ1v) is 10.1. The number of nitrogens with one attached hydrogen (secondary N) is 1. The molecule has 0 atom stereocenters. The Morgan fingerprint density at radius 2 is 1.77 bits per heavy atom. The van der Waals surface area contributed by atoms with Crippen molar-refractivity contribution in [1.82, 2.24) is 9.88 Å². The number of hydrogen-bond acceptors (Lipinski definition) is 5. The van der Waals surface area contributed by atoms with Gasteiger partial charge >= 0.3 is 0 Å². The molecule has 3 aromatic rings. The van der Waals surface area contributed by atoms with Crippen molar-refractivity contribution in [3.05, 3.63) is 72.4 Å². The Bertz CT molecular complexity index is 1010. The third-order valence-electron chi connectivity index (χ3n) is 5.37. The number of aromatic nitrogens is 1. The summed E-state index contributed by atoms with van der Waals surface area (Å²) in [7, 11) is 3.84. The molecule has 6 nitrogen and oxygen atoms in total. The molecule has 6 heteroatoms. The Morgan fingerprint density at radius 3 is 2.50 bits per heavy atom. The Hall–Kier alpha value is -3.38. The van der Waals surface area contributed by atoms with E-state index in [2.05, 4.69) is 33.2 Å². The van der Waals surface area contributed by atoms with Gasteiger partial charge in [-0.2, -0.15) is 0 Å². The maximum Gasteiger partial charge on any atom is 0.255 e. The highest BCUT2D eigenvalue weighted by molar-refractivity contribution is 6.04. The van der Waals surface area contributed by atoms with Gasteiger partial charge in [0.05, 0.1) is 18.5 Å². The summed E-state index contributed by atoms with van der Waals surface area (Å²) in [4.78, 5) is 21.7. The fourth-order valence-corrected chi connectivity index (χ4v) is 3.60. The molecule has 0 spiro atoms. The van der Waals surface area contributed by atoms with Gasteiger partial charge in [-0.1, -0.05) is 18.2 Å². The van der Waals surface area contributed by atoms with Gasteiger partial charge in [0.2, 0.25) is 0 Å². The van der Waals surface area contributed by atoms with Crippen LogP contribution in [-0.2, 0) is 0 Å². The summed E-state index contributed by atoms with van der Waals surface area (Å²) in [6.45, 7) is 3.95. The molecule has 1 aliphatic heterocycles. The lowest BCUT2D eigenvalue weighted by molar-refractivity contribution is 0.102. The molecule has 0 aliphatic carbocycles. The standard InChI is InChI=1S/C24H26N4O2/c1-27-12-14-28(15-13-27)22-16-19(8-9-23(22)30-2)21-17-20(10-11-25-21)26-24(29)18-6-4-3-5-7-18/h3-11,16-17H,12-15H2,1-2H3,(H,25,26,29). The minimum absolute atomic E-state index is 0.138. The van der Waals surface area contributed by atoms with Gasteiger partial charge in [0.1, 0.15) is 5.75 Å². The molecule has 1 saturated heterocycles. The summed E-state index contributed by atoms with van der Waals surface area (Å²) in [5, 5.41) is 2.95. The SMILES string of the molecule is COc1ccc(-c2cc(NC(=O)c3ccccc3)ccn2)cc1N1CCN(C)CC1. The van der Waals surface area contributed by atoms with Crippen molar-refractivity contribution in [3.8, 4) is 17.0 Å². The summed E-state index contributed by atoms with van der Waals surface area (Å²) in [5.74, 6) is 0.720. The average molecular weight is 402 g/mol. The van der Waals surface area contributed by atoms with Gasteiger partial charge in [0, 0.05) is 49.2 Å². The summed E-state index contributed by atoms with van der Waals surface area (Å²) in [6.07, 6.45) is 1.72. The zero-order valence-corrected chi connectivity index (χ0v) is 17.3.